The molecule has 0 saturated heterocycles. The fourth-order valence-electron chi connectivity index (χ4n) is 0. The van der Waals surface area contributed by atoms with Crippen LogP contribution in [0.3, 0.4) is 0 Å². The van der Waals surface area contributed by atoms with Gasteiger partial charge in [0, 0.05) is 0 Å². The van der Waals surface area contributed by atoms with Crippen molar-refractivity contribution in [2.75, 3.05) is 0 Å². The molecule has 0 amide bonds. The van der Waals surface area contributed by atoms with Crippen molar-refractivity contribution in [2.45, 2.75) is 0 Å². The van der Waals surface area contributed by atoms with Gasteiger partial charge in [-0.15, -0.1) is 0 Å². The van der Waals surface area contributed by atoms with Gasteiger partial charge in [-0.25, -0.2) is 0 Å². The number of hydrogen-bond donors (Lipinski definition) is 0. The van der Waals surface area contributed by atoms with Crippen LogP contribution in [0.25, 0.3) is 0 Å². The molecule has 20 valence electrons. The van der Waals surface area contributed by atoms with E-state index in [9.17, 15) is 0 Å². The third-order valence-corrected chi connectivity index (χ3v) is 0. The van der Waals surface area contributed by atoms with E-state index in [0.29, 0.717) is 0 Å². The summed E-state index contributed by atoms with van der Waals surface area (Å²) in [6.07, 6.45) is 0. The van der Waals surface area contributed by atoms with Crippen molar-refractivity contribution in [3.8, 4) is 0 Å². The third-order valence-electron chi connectivity index (χ3n) is 0. The Morgan fingerprint density at radius 3 is 1.75 bits per heavy atom. The standard InChI is InChI=1S/ClHO2.Na/c1-3-2;/h2H;/q;+1/p-1. The number of halogens is 1. The van der Waals surface area contributed by atoms with Crippen LogP contribution in [-0.4, -0.2) is 0 Å². The molecule has 2 nitrogen and oxygen atoms in total. The first-order valence-corrected chi connectivity index (χ1v) is 0.630. The van der Waals surface area contributed by atoms with Crippen LogP contribution in [0.2, 0.25) is 0 Å². The minimum Gasteiger partial charge on any atom is -0.705 e. The molecule has 0 bridgehead atoms. The summed E-state index contributed by atoms with van der Waals surface area (Å²) < 4.78 is 2.47. The molecule has 0 N–H and O–H groups in total. The van der Waals surface area contributed by atoms with Crippen LogP contribution in [-0.2, 0) is 4.44 Å². The molecule has 0 aromatic carbocycles. The molecule has 0 aliphatic heterocycles. The van der Waals surface area contributed by atoms with Gasteiger partial charge in [0.05, 0.1) is 11.9 Å². The van der Waals surface area contributed by atoms with Gasteiger partial charge in [0.25, 0.3) is 0 Å². The Bertz CT molecular complexity index is 6.00. The van der Waals surface area contributed by atoms with Crippen LogP contribution in [0.4, 0.5) is 0 Å². The Kier molecular flexibility index (Phi) is 19.9. The van der Waals surface area contributed by atoms with Crippen molar-refractivity contribution < 1.29 is 39.3 Å². The average Bonchev–Trinajstić information content (AvgIpc) is 0.918. The molecule has 0 rings (SSSR count). The summed E-state index contributed by atoms with van der Waals surface area (Å²) >= 11 is 3.94. The van der Waals surface area contributed by atoms with Gasteiger partial charge in [0.2, 0.25) is 0 Å². The SMILES string of the molecule is [Na+].[O-]OCl. The van der Waals surface area contributed by atoms with E-state index in [2.05, 4.69) is 16.3 Å². The van der Waals surface area contributed by atoms with Gasteiger partial charge in [-0.1, -0.05) is 0 Å². The van der Waals surface area contributed by atoms with Gasteiger partial charge in [-0.3, -0.25) is 0 Å². The molecule has 0 aromatic heterocycles. The molecule has 0 aliphatic carbocycles. The Hall–Kier alpha value is 1.21. The van der Waals surface area contributed by atoms with Crippen LogP contribution < -0.4 is 34.8 Å². The van der Waals surface area contributed by atoms with E-state index in [4.69, 9.17) is 5.26 Å². The van der Waals surface area contributed by atoms with Crippen molar-refractivity contribution >= 4 is 11.9 Å². The monoisotopic (exact) mass is 89.9 g/mol. The van der Waals surface area contributed by atoms with E-state index in [1.54, 1.807) is 0 Å². The van der Waals surface area contributed by atoms with Crippen LogP contribution in [0.1, 0.15) is 0 Å². The second-order valence-corrected chi connectivity index (χ2v) is 0.189. The summed E-state index contributed by atoms with van der Waals surface area (Å²) in [5, 5.41) is 8.20. The quantitative estimate of drug-likeness (QED) is 0.175. The minimum absolute atomic E-state index is 0. The summed E-state index contributed by atoms with van der Waals surface area (Å²) in [5.74, 6) is 0. The molecule has 0 saturated carbocycles. The van der Waals surface area contributed by atoms with Gasteiger partial charge in [-0.05, 0) is 0 Å². The van der Waals surface area contributed by atoms with E-state index >= 15 is 0 Å². The molecular formula is ClNaO2. The molecule has 4 heavy (non-hydrogen) atoms. The van der Waals surface area contributed by atoms with Crippen molar-refractivity contribution in [1.82, 2.24) is 0 Å². The third kappa shape index (κ3) is 10.7. The molecule has 0 atom stereocenters. The maximum absolute atomic E-state index is 8.20. The van der Waals surface area contributed by atoms with Crippen molar-refractivity contribution in [3.63, 3.8) is 0 Å². The fraction of sp³-hybridized carbons (Fsp3) is 0. The normalized spacial score (nSPS) is 4.50. The van der Waals surface area contributed by atoms with Gasteiger partial charge in [-0.2, -0.15) is 0 Å². The fourth-order valence-corrected chi connectivity index (χ4v) is 0. The zero-order valence-electron chi connectivity index (χ0n) is 2.19. The van der Waals surface area contributed by atoms with E-state index in [-0.39, 0.29) is 29.6 Å². The van der Waals surface area contributed by atoms with Gasteiger partial charge in [0.1, 0.15) is 0 Å². The molecule has 0 heterocycles. The number of hydrogen-bond acceptors (Lipinski definition) is 2. The van der Waals surface area contributed by atoms with Crippen LogP contribution in [0.15, 0.2) is 0 Å². The molecular weight excluding hydrogens is 90.4 g/mol. The van der Waals surface area contributed by atoms with Crippen molar-refractivity contribution in [1.29, 1.82) is 0 Å². The Labute approximate surface area is 51.1 Å². The molecule has 0 unspecified atom stereocenters. The Balaban J connectivity index is 0. The molecule has 0 fully saturated rings. The summed E-state index contributed by atoms with van der Waals surface area (Å²) in [4.78, 5) is 0. The van der Waals surface area contributed by atoms with Crippen LogP contribution in [0, 0.1) is 0 Å². The second kappa shape index (κ2) is 8.88. The summed E-state index contributed by atoms with van der Waals surface area (Å²) in [6, 6.07) is 0. The second-order valence-electron chi connectivity index (χ2n) is 0.0630. The summed E-state index contributed by atoms with van der Waals surface area (Å²) in [5.41, 5.74) is 0. The molecule has 0 aromatic rings. The molecule has 0 spiro atoms. The maximum atomic E-state index is 8.20. The van der Waals surface area contributed by atoms with Crippen molar-refractivity contribution in [3.05, 3.63) is 0 Å². The van der Waals surface area contributed by atoms with Crippen molar-refractivity contribution in [2.24, 2.45) is 0 Å². The Morgan fingerprint density at radius 2 is 1.75 bits per heavy atom. The smallest absolute Gasteiger partial charge is 0.705 e. The topological polar surface area (TPSA) is 32.3 Å². The van der Waals surface area contributed by atoms with Gasteiger partial charge in [0.15, 0.2) is 0 Å². The predicted octanol–water partition coefficient (Wildman–Crippen LogP) is -3.56. The maximum Gasteiger partial charge on any atom is 1.00 e. The molecule has 4 heteroatoms. The summed E-state index contributed by atoms with van der Waals surface area (Å²) in [7, 11) is 0. The minimum atomic E-state index is 0. The van der Waals surface area contributed by atoms with E-state index in [1.165, 1.54) is 0 Å². The first-order chi connectivity index (χ1) is 1.41. The zero-order chi connectivity index (χ0) is 2.71. The van der Waals surface area contributed by atoms with Gasteiger partial charge >= 0.3 is 29.6 Å². The van der Waals surface area contributed by atoms with Crippen LogP contribution >= 0.6 is 11.9 Å². The van der Waals surface area contributed by atoms with Gasteiger partial charge < -0.3 is 9.70 Å². The average molecular weight is 90.4 g/mol. The first kappa shape index (κ1) is 8.96. The largest absolute Gasteiger partial charge is 1.00 e. The predicted molar refractivity (Wildman–Crippen MR) is 6.94 cm³/mol. The summed E-state index contributed by atoms with van der Waals surface area (Å²) in [6.45, 7) is 0. The number of rotatable bonds is 0. The van der Waals surface area contributed by atoms with E-state index in [0.717, 1.165) is 0 Å². The zero-order valence-corrected chi connectivity index (χ0v) is 4.95. The first-order valence-electron chi connectivity index (χ1n) is 0.321. The Morgan fingerprint density at radius 1 is 1.75 bits per heavy atom. The molecule has 0 radical (unpaired) electrons. The van der Waals surface area contributed by atoms with Crippen LogP contribution in [0.5, 0.6) is 0 Å². The molecule has 0 aliphatic rings. The van der Waals surface area contributed by atoms with E-state index < -0.39 is 0 Å². The van der Waals surface area contributed by atoms with E-state index in [1.807, 2.05) is 0 Å².